The molecule has 0 aromatic heterocycles. The van der Waals surface area contributed by atoms with E-state index in [0.717, 1.165) is 6.42 Å². The standard InChI is InChI=1S/C17H16/c1-12-8-9-13(2)17-11-15(10-16(12)17)14-6-4-3-5-7-14/h3-10H,11H2,1-2H3. The molecule has 84 valence electrons. The lowest BCUT2D eigenvalue weighted by Gasteiger charge is -2.06. The van der Waals surface area contributed by atoms with Gasteiger partial charge in [-0.1, -0.05) is 48.5 Å². The minimum Gasteiger partial charge on any atom is -0.0622 e. The fraction of sp³-hybridized carbons (Fsp3) is 0.176. The van der Waals surface area contributed by atoms with Gasteiger partial charge in [0.2, 0.25) is 0 Å². The Balaban J connectivity index is 2.09. The lowest BCUT2D eigenvalue weighted by Crippen LogP contribution is -1.91. The molecule has 0 fully saturated rings. The van der Waals surface area contributed by atoms with E-state index < -0.39 is 0 Å². The first kappa shape index (κ1) is 10.3. The van der Waals surface area contributed by atoms with Crippen LogP contribution in [0.5, 0.6) is 0 Å². The summed E-state index contributed by atoms with van der Waals surface area (Å²) in [6, 6.07) is 15.1. The van der Waals surface area contributed by atoms with E-state index in [4.69, 9.17) is 0 Å². The summed E-state index contributed by atoms with van der Waals surface area (Å²) in [7, 11) is 0. The number of aryl methyl sites for hydroxylation is 2. The van der Waals surface area contributed by atoms with Gasteiger partial charge in [0.25, 0.3) is 0 Å². The number of rotatable bonds is 1. The van der Waals surface area contributed by atoms with Crippen molar-refractivity contribution in [3.63, 3.8) is 0 Å². The van der Waals surface area contributed by atoms with E-state index in [0.29, 0.717) is 0 Å². The molecule has 0 spiro atoms. The third kappa shape index (κ3) is 1.70. The molecule has 1 aliphatic carbocycles. The second-order valence-electron chi connectivity index (χ2n) is 4.80. The Hall–Kier alpha value is -1.82. The predicted molar refractivity (Wildman–Crippen MR) is 73.9 cm³/mol. The van der Waals surface area contributed by atoms with Crippen LogP contribution in [0.1, 0.15) is 27.8 Å². The average molecular weight is 220 g/mol. The summed E-state index contributed by atoms with van der Waals surface area (Å²) < 4.78 is 0. The quantitative estimate of drug-likeness (QED) is 0.668. The Kier molecular flexibility index (Phi) is 2.36. The van der Waals surface area contributed by atoms with Crippen LogP contribution in [-0.2, 0) is 6.42 Å². The molecule has 0 unspecified atom stereocenters. The van der Waals surface area contributed by atoms with Gasteiger partial charge in [0.15, 0.2) is 0 Å². The molecule has 0 radical (unpaired) electrons. The smallest absolute Gasteiger partial charge is 0.00109 e. The highest BCUT2D eigenvalue weighted by Crippen LogP contribution is 2.34. The Morgan fingerprint density at radius 2 is 1.53 bits per heavy atom. The van der Waals surface area contributed by atoms with Crippen LogP contribution < -0.4 is 0 Å². The van der Waals surface area contributed by atoms with Crippen LogP contribution in [0.3, 0.4) is 0 Å². The SMILES string of the molecule is Cc1ccc(C)c2c1C=C(c1ccccc1)C2. The van der Waals surface area contributed by atoms with E-state index >= 15 is 0 Å². The van der Waals surface area contributed by atoms with Crippen LogP contribution in [0.4, 0.5) is 0 Å². The highest BCUT2D eigenvalue weighted by molar-refractivity contribution is 5.89. The van der Waals surface area contributed by atoms with E-state index in [1.165, 1.54) is 33.4 Å². The lowest BCUT2D eigenvalue weighted by molar-refractivity contribution is 1.23. The number of fused-ring (bicyclic) bond motifs is 1. The van der Waals surface area contributed by atoms with Gasteiger partial charge in [0.1, 0.15) is 0 Å². The van der Waals surface area contributed by atoms with Crippen molar-refractivity contribution < 1.29 is 0 Å². The highest BCUT2D eigenvalue weighted by atomic mass is 14.2. The van der Waals surface area contributed by atoms with Crippen molar-refractivity contribution in [2.45, 2.75) is 20.3 Å². The van der Waals surface area contributed by atoms with E-state index in [-0.39, 0.29) is 0 Å². The lowest BCUT2D eigenvalue weighted by atomic mass is 9.98. The van der Waals surface area contributed by atoms with Crippen molar-refractivity contribution in [1.82, 2.24) is 0 Å². The molecule has 0 saturated heterocycles. The van der Waals surface area contributed by atoms with E-state index in [1.807, 2.05) is 0 Å². The summed E-state index contributed by atoms with van der Waals surface area (Å²) in [6.07, 6.45) is 3.43. The summed E-state index contributed by atoms with van der Waals surface area (Å²) in [4.78, 5) is 0. The van der Waals surface area contributed by atoms with Gasteiger partial charge in [-0.15, -0.1) is 0 Å². The Morgan fingerprint density at radius 1 is 0.824 bits per heavy atom. The molecule has 1 aliphatic rings. The molecule has 0 nitrogen and oxygen atoms in total. The molecule has 0 heteroatoms. The Morgan fingerprint density at radius 3 is 2.24 bits per heavy atom. The second kappa shape index (κ2) is 3.89. The third-order valence-electron chi connectivity index (χ3n) is 3.64. The fourth-order valence-corrected chi connectivity index (χ4v) is 2.58. The first-order valence-corrected chi connectivity index (χ1v) is 6.11. The van der Waals surface area contributed by atoms with Crippen LogP contribution in [-0.4, -0.2) is 0 Å². The van der Waals surface area contributed by atoms with Crippen LogP contribution in [0.15, 0.2) is 42.5 Å². The molecule has 3 rings (SSSR count). The number of hydrogen-bond donors (Lipinski definition) is 0. The number of allylic oxidation sites excluding steroid dienone is 1. The Bertz CT molecular complexity index is 589. The molecule has 0 atom stereocenters. The van der Waals surface area contributed by atoms with Crippen LogP contribution in [0.25, 0.3) is 11.6 Å². The van der Waals surface area contributed by atoms with Crippen LogP contribution in [0.2, 0.25) is 0 Å². The maximum Gasteiger partial charge on any atom is -0.00109 e. The molecular formula is C17H16. The Labute approximate surface area is 103 Å². The molecule has 0 aliphatic heterocycles. The van der Waals surface area contributed by atoms with E-state index in [2.05, 4.69) is 62.4 Å². The summed E-state index contributed by atoms with van der Waals surface area (Å²) in [6.45, 7) is 4.41. The molecular weight excluding hydrogens is 204 g/mol. The molecule has 0 saturated carbocycles. The topological polar surface area (TPSA) is 0 Å². The van der Waals surface area contributed by atoms with Crippen molar-refractivity contribution >= 4 is 11.6 Å². The average Bonchev–Trinajstić information content (AvgIpc) is 2.81. The van der Waals surface area contributed by atoms with E-state index in [1.54, 1.807) is 0 Å². The van der Waals surface area contributed by atoms with Crippen molar-refractivity contribution in [2.75, 3.05) is 0 Å². The summed E-state index contributed by atoms with van der Waals surface area (Å²) >= 11 is 0. The summed E-state index contributed by atoms with van der Waals surface area (Å²) in [5.74, 6) is 0. The van der Waals surface area contributed by atoms with Crippen molar-refractivity contribution in [1.29, 1.82) is 0 Å². The fourth-order valence-electron chi connectivity index (χ4n) is 2.58. The molecule has 0 amide bonds. The van der Waals surface area contributed by atoms with Crippen molar-refractivity contribution in [3.05, 3.63) is 70.3 Å². The molecule has 0 heterocycles. The monoisotopic (exact) mass is 220 g/mol. The highest BCUT2D eigenvalue weighted by Gasteiger charge is 2.17. The summed E-state index contributed by atoms with van der Waals surface area (Å²) in [5.41, 5.74) is 8.53. The predicted octanol–water partition coefficient (Wildman–Crippen LogP) is 4.40. The largest absolute Gasteiger partial charge is 0.0622 e. The van der Waals surface area contributed by atoms with Gasteiger partial charge in [-0.25, -0.2) is 0 Å². The van der Waals surface area contributed by atoms with Gasteiger partial charge < -0.3 is 0 Å². The van der Waals surface area contributed by atoms with Gasteiger partial charge in [-0.05, 0) is 53.7 Å². The van der Waals surface area contributed by atoms with Crippen LogP contribution in [0, 0.1) is 13.8 Å². The first-order valence-electron chi connectivity index (χ1n) is 6.11. The van der Waals surface area contributed by atoms with Gasteiger partial charge in [-0.3, -0.25) is 0 Å². The zero-order chi connectivity index (χ0) is 11.8. The zero-order valence-electron chi connectivity index (χ0n) is 10.3. The normalized spacial score (nSPS) is 13.4. The van der Waals surface area contributed by atoms with E-state index in [9.17, 15) is 0 Å². The van der Waals surface area contributed by atoms with Crippen molar-refractivity contribution in [3.8, 4) is 0 Å². The molecule has 2 aromatic rings. The molecule has 0 N–H and O–H groups in total. The maximum absolute atomic E-state index is 2.35. The van der Waals surface area contributed by atoms with Gasteiger partial charge in [0, 0.05) is 0 Å². The zero-order valence-corrected chi connectivity index (χ0v) is 10.3. The van der Waals surface area contributed by atoms with Gasteiger partial charge in [0.05, 0.1) is 0 Å². The van der Waals surface area contributed by atoms with Gasteiger partial charge in [-0.2, -0.15) is 0 Å². The second-order valence-corrected chi connectivity index (χ2v) is 4.80. The summed E-state index contributed by atoms with van der Waals surface area (Å²) in [5, 5.41) is 0. The minimum absolute atomic E-state index is 1.08. The molecule has 2 aromatic carbocycles. The van der Waals surface area contributed by atoms with Crippen molar-refractivity contribution in [2.24, 2.45) is 0 Å². The number of benzene rings is 2. The first-order chi connectivity index (χ1) is 8.25. The van der Waals surface area contributed by atoms with Crippen LogP contribution >= 0.6 is 0 Å². The number of hydrogen-bond acceptors (Lipinski definition) is 0. The third-order valence-corrected chi connectivity index (χ3v) is 3.64. The molecule has 0 bridgehead atoms. The van der Waals surface area contributed by atoms with Gasteiger partial charge >= 0.3 is 0 Å². The maximum atomic E-state index is 2.35. The minimum atomic E-state index is 1.08. The molecule has 17 heavy (non-hydrogen) atoms.